The van der Waals surface area contributed by atoms with Crippen LogP contribution in [0.3, 0.4) is 0 Å². The third-order valence-corrected chi connectivity index (χ3v) is 4.32. The van der Waals surface area contributed by atoms with Crippen molar-refractivity contribution in [1.29, 1.82) is 0 Å². The SMILES string of the molecule is CCN(CCOC)C(=O)N1CCC(C(=O)O)(C(C)C)C1. The highest BCUT2D eigenvalue weighted by molar-refractivity contribution is 5.80. The second kappa shape index (κ2) is 6.92. The van der Waals surface area contributed by atoms with E-state index in [1.165, 1.54) is 0 Å². The number of hydrogen-bond acceptors (Lipinski definition) is 3. The van der Waals surface area contributed by atoms with Crippen molar-refractivity contribution in [3.63, 3.8) is 0 Å². The molecule has 1 saturated heterocycles. The predicted molar refractivity (Wildman–Crippen MR) is 75.6 cm³/mol. The molecular weight excluding hydrogens is 260 g/mol. The van der Waals surface area contributed by atoms with E-state index in [-0.39, 0.29) is 11.9 Å². The van der Waals surface area contributed by atoms with Gasteiger partial charge in [0, 0.05) is 33.3 Å². The molecule has 0 bridgehead atoms. The Bertz CT molecular complexity index is 359. The van der Waals surface area contributed by atoms with E-state index in [9.17, 15) is 14.7 Å². The van der Waals surface area contributed by atoms with Crippen LogP contribution in [-0.2, 0) is 9.53 Å². The van der Waals surface area contributed by atoms with E-state index in [0.29, 0.717) is 39.2 Å². The molecule has 2 amide bonds. The lowest BCUT2D eigenvalue weighted by molar-refractivity contribution is -0.150. The number of likely N-dealkylation sites (tertiary alicyclic amines) is 1. The fraction of sp³-hybridized carbons (Fsp3) is 0.857. The third-order valence-electron chi connectivity index (χ3n) is 4.32. The number of amides is 2. The number of nitrogens with zero attached hydrogens (tertiary/aromatic N) is 2. The molecule has 0 aliphatic carbocycles. The molecule has 1 N–H and O–H groups in total. The summed E-state index contributed by atoms with van der Waals surface area (Å²) in [7, 11) is 1.60. The summed E-state index contributed by atoms with van der Waals surface area (Å²) >= 11 is 0. The Morgan fingerprint density at radius 1 is 1.45 bits per heavy atom. The van der Waals surface area contributed by atoms with Crippen LogP contribution in [0.5, 0.6) is 0 Å². The zero-order chi connectivity index (χ0) is 15.3. The van der Waals surface area contributed by atoms with Gasteiger partial charge in [0.2, 0.25) is 0 Å². The molecule has 0 spiro atoms. The number of carboxylic acid groups (broad SMARTS) is 1. The predicted octanol–water partition coefficient (Wildman–Crippen LogP) is 1.51. The number of methoxy groups -OCH3 is 1. The summed E-state index contributed by atoms with van der Waals surface area (Å²) in [5.41, 5.74) is -0.809. The molecule has 1 aliphatic rings. The van der Waals surface area contributed by atoms with Crippen LogP contribution < -0.4 is 0 Å². The number of likely N-dealkylation sites (N-methyl/N-ethyl adjacent to an activating group) is 1. The zero-order valence-electron chi connectivity index (χ0n) is 12.9. The molecule has 1 aliphatic heterocycles. The van der Waals surface area contributed by atoms with E-state index in [0.717, 1.165) is 0 Å². The summed E-state index contributed by atoms with van der Waals surface area (Å²) in [6.45, 7) is 8.15. The fourth-order valence-corrected chi connectivity index (χ4v) is 2.68. The van der Waals surface area contributed by atoms with Crippen molar-refractivity contribution in [2.24, 2.45) is 11.3 Å². The van der Waals surface area contributed by atoms with Crippen molar-refractivity contribution in [2.45, 2.75) is 27.2 Å². The number of carbonyl (C=O) groups is 2. The van der Waals surface area contributed by atoms with Gasteiger partial charge in [0.15, 0.2) is 0 Å². The monoisotopic (exact) mass is 286 g/mol. The molecule has 1 fully saturated rings. The molecule has 0 saturated carbocycles. The number of aliphatic carboxylic acids is 1. The number of carbonyl (C=O) groups excluding carboxylic acids is 1. The van der Waals surface area contributed by atoms with Gasteiger partial charge in [0.1, 0.15) is 0 Å². The maximum atomic E-state index is 12.4. The van der Waals surface area contributed by atoms with E-state index in [1.54, 1.807) is 16.9 Å². The van der Waals surface area contributed by atoms with Gasteiger partial charge < -0.3 is 19.6 Å². The fourth-order valence-electron chi connectivity index (χ4n) is 2.68. The maximum Gasteiger partial charge on any atom is 0.320 e. The molecule has 1 atom stereocenters. The average Bonchev–Trinajstić information content (AvgIpc) is 2.85. The molecular formula is C14H26N2O4. The molecule has 0 aromatic heterocycles. The molecule has 0 aromatic rings. The van der Waals surface area contributed by atoms with E-state index >= 15 is 0 Å². The first-order valence-corrected chi connectivity index (χ1v) is 7.15. The van der Waals surface area contributed by atoms with Crippen LogP contribution >= 0.6 is 0 Å². The van der Waals surface area contributed by atoms with Gasteiger partial charge in [-0.2, -0.15) is 0 Å². The third kappa shape index (κ3) is 3.23. The average molecular weight is 286 g/mol. The number of ether oxygens (including phenoxy) is 1. The minimum absolute atomic E-state index is 0.00634. The first kappa shape index (κ1) is 16.8. The number of carboxylic acids is 1. The lowest BCUT2D eigenvalue weighted by Gasteiger charge is -2.31. The van der Waals surface area contributed by atoms with Crippen LogP contribution in [0.25, 0.3) is 0 Å². The Hall–Kier alpha value is -1.30. The molecule has 1 unspecified atom stereocenters. The van der Waals surface area contributed by atoms with Gasteiger partial charge in [-0.3, -0.25) is 4.79 Å². The number of hydrogen-bond donors (Lipinski definition) is 1. The van der Waals surface area contributed by atoms with E-state index in [2.05, 4.69) is 0 Å². The van der Waals surface area contributed by atoms with Crippen LogP contribution in [0.2, 0.25) is 0 Å². The van der Waals surface area contributed by atoms with Gasteiger partial charge in [-0.1, -0.05) is 13.8 Å². The van der Waals surface area contributed by atoms with Crippen molar-refractivity contribution in [2.75, 3.05) is 39.9 Å². The molecule has 1 heterocycles. The van der Waals surface area contributed by atoms with Gasteiger partial charge in [-0.05, 0) is 19.3 Å². The molecule has 0 radical (unpaired) electrons. The normalized spacial score (nSPS) is 22.4. The van der Waals surface area contributed by atoms with Crippen LogP contribution in [0.4, 0.5) is 4.79 Å². The molecule has 0 aromatic carbocycles. The van der Waals surface area contributed by atoms with Crippen molar-refractivity contribution < 1.29 is 19.4 Å². The maximum absolute atomic E-state index is 12.4. The van der Waals surface area contributed by atoms with E-state index in [4.69, 9.17) is 4.74 Å². The quantitative estimate of drug-likeness (QED) is 0.803. The highest BCUT2D eigenvalue weighted by Gasteiger charge is 2.48. The largest absolute Gasteiger partial charge is 0.481 e. The van der Waals surface area contributed by atoms with E-state index in [1.807, 2.05) is 20.8 Å². The molecule has 116 valence electrons. The molecule has 6 nitrogen and oxygen atoms in total. The van der Waals surface area contributed by atoms with Gasteiger partial charge in [-0.15, -0.1) is 0 Å². The lowest BCUT2D eigenvalue weighted by Crippen LogP contribution is -2.46. The van der Waals surface area contributed by atoms with Crippen molar-refractivity contribution >= 4 is 12.0 Å². The van der Waals surface area contributed by atoms with Gasteiger partial charge in [-0.25, -0.2) is 4.79 Å². The summed E-state index contributed by atoms with van der Waals surface area (Å²) in [6.07, 6.45) is 0.521. The molecule has 1 rings (SSSR count). The van der Waals surface area contributed by atoms with Crippen LogP contribution in [0, 0.1) is 11.3 Å². The van der Waals surface area contributed by atoms with Crippen LogP contribution in [0.1, 0.15) is 27.2 Å². The van der Waals surface area contributed by atoms with Crippen molar-refractivity contribution in [3.05, 3.63) is 0 Å². The first-order chi connectivity index (χ1) is 9.39. The Balaban J connectivity index is 2.75. The highest BCUT2D eigenvalue weighted by Crippen LogP contribution is 2.38. The van der Waals surface area contributed by atoms with Gasteiger partial charge >= 0.3 is 12.0 Å². The van der Waals surface area contributed by atoms with Gasteiger partial charge in [0.05, 0.1) is 12.0 Å². The van der Waals surface area contributed by atoms with Crippen LogP contribution in [-0.4, -0.2) is 66.8 Å². The van der Waals surface area contributed by atoms with Crippen LogP contribution in [0.15, 0.2) is 0 Å². The topological polar surface area (TPSA) is 70.1 Å². The Labute approximate surface area is 120 Å². The highest BCUT2D eigenvalue weighted by atomic mass is 16.5. The minimum Gasteiger partial charge on any atom is -0.481 e. The summed E-state index contributed by atoms with van der Waals surface area (Å²) in [4.78, 5) is 27.3. The second-order valence-electron chi connectivity index (χ2n) is 5.64. The lowest BCUT2D eigenvalue weighted by atomic mass is 9.76. The Kier molecular flexibility index (Phi) is 5.80. The summed E-state index contributed by atoms with van der Waals surface area (Å²) in [6, 6.07) is -0.0895. The van der Waals surface area contributed by atoms with Crippen molar-refractivity contribution in [1.82, 2.24) is 9.80 Å². The summed E-state index contributed by atoms with van der Waals surface area (Å²) < 4.78 is 5.00. The zero-order valence-corrected chi connectivity index (χ0v) is 12.9. The van der Waals surface area contributed by atoms with Gasteiger partial charge in [0.25, 0.3) is 0 Å². The first-order valence-electron chi connectivity index (χ1n) is 7.15. The van der Waals surface area contributed by atoms with Crippen molar-refractivity contribution in [3.8, 4) is 0 Å². The number of urea groups is 1. The molecule has 20 heavy (non-hydrogen) atoms. The van der Waals surface area contributed by atoms with E-state index < -0.39 is 11.4 Å². The Morgan fingerprint density at radius 3 is 2.50 bits per heavy atom. The number of rotatable bonds is 6. The summed E-state index contributed by atoms with van der Waals surface area (Å²) in [5, 5.41) is 9.50. The standard InChI is InChI=1S/C14H26N2O4/c1-5-15(8-9-20-4)13(19)16-7-6-14(10-16,11(2)3)12(17)18/h11H,5-10H2,1-4H3,(H,17,18). The molecule has 6 heteroatoms. The summed E-state index contributed by atoms with van der Waals surface area (Å²) in [5.74, 6) is -0.797. The Morgan fingerprint density at radius 2 is 2.10 bits per heavy atom. The minimum atomic E-state index is -0.809. The second-order valence-corrected chi connectivity index (χ2v) is 5.64. The smallest absolute Gasteiger partial charge is 0.320 e.